The van der Waals surface area contributed by atoms with Crippen molar-refractivity contribution in [3.05, 3.63) is 24.3 Å². The molecule has 0 aromatic heterocycles. The molecule has 0 fully saturated rings. The van der Waals surface area contributed by atoms with Crippen LogP contribution in [0.5, 0.6) is 11.5 Å². The standard InChI is InChI=1S/C14H18F3NO2S/c1-13(2,12(18)21)8-3-9-19-10-4-6-11(7-5-10)20-14(15,16)17/h4-7H,3,8-9H2,1-2H3,(H2,18,21). The molecule has 0 amide bonds. The zero-order chi connectivity index (χ0) is 16.1. The highest BCUT2D eigenvalue weighted by Gasteiger charge is 2.30. The normalized spacial score (nSPS) is 12.0. The van der Waals surface area contributed by atoms with Gasteiger partial charge in [-0.2, -0.15) is 0 Å². The number of halogens is 3. The SMILES string of the molecule is CC(C)(CCCOc1ccc(OC(F)(F)F)cc1)C(N)=S. The van der Waals surface area contributed by atoms with E-state index in [0.29, 0.717) is 17.3 Å². The van der Waals surface area contributed by atoms with Crippen LogP contribution in [0.4, 0.5) is 13.2 Å². The van der Waals surface area contributed by atoms with E-state index in [2.05, 4.69) is 4.74 Å². The Morgan fingerprint density at radius 1 is 1.14 bits per heavy atom. The molecule has 0 aliphatic carbocycles. The molecular weight excluding hydrogens is 303 g/mol. The van der Waals surface area contributed by atoms with Crippen molar-refractivity contribution in [1.29, 1.82) is 0 Å². The minimum absolute atomic E-state index is 0.233. The van der Waals surface area contributed by atoms with Crippen molar-refractivity contribution in [2.24, 2.45) is 11.1 Å². The van der Waals surface area contributed by atoms with E-state index >= 15 is 0 Å². The first kappa shape index (κ1) is 17.6. The number of alkyl halides is 3. The number of ether oxygens (including phenoxy) is 2. The molecule has 7 heteroatoms. The number of hydrogen-bond acceptors (Lipinski definition) is 3. The molecule has 3 nitrogen and oxygen atoms in total. The molecule has 1 rings (SSSR count). The molecule has 1 aromatic carbocycles. The molecular formula is C14H18F3NO2S. The fourth-order valence-electron chi connectivity index (χ4n) is 1.56. The molecule has 0 aliphatic rings. The molecule has 0 saturated heterocycles. The van der Waals surface area contributed by atoms with Gasteiger partial charge in [0.2, 0.25) is 0 Å². The van der Waals surface area contributed by atoms with E-state index in [1.54, 1.807) is 0 Å². The summed E-state index contributed by atoms with van der Waals surface area (Å²) in [6.07, 6.45) is -3.17. The van der Waals surface area contributed by atoms with Crippen molar-refractivity contribution in [1.82, 2.24) is 0 Å². The van der Waals surface area contributed by atoms with E-state index in [-0.39, 0.29) is 11.2 Å². The van der Waals surface area contributed by atoms with Crippen LogP contribution >= 0.6 is 12.2 Å². The van der Waals surface area contributed by atoms with Gasteiger partial charge in [0.25, 0.3) is 0 Å². The third kappa shape index (κ3) is 6.66. The lowest BCUT2D eigenvalue weighted by atomic mass is 9.88. The average Bonchev–Trinajstić information content (AvgIpc) is 2.34. The molecule has 0 aliphatic heterocycles. The zero-order valence-electron chi connectivity index (χ0n) is 11.9. The second-order valence-corrected chi connectivity index (χ2v) is 5.66. The Balaban J connectivity index is 2.38. The summed E-state index contributed by atoms with van der Waals surface area (Å²) in [5, 5.41) is 0. The molecule has 2 N–H and O–H groups in total. The van der Waals surface area contributed by atoms with Gasteiger partial charge < -0.3 is 15.2 Å². The average molecular weight is 321 g/mol. The molecule has 0 spiro atoms. The van der Waals surface area contributed by atoms with Crippen LogP contribution in [0.3, 0.4) is 0 Å². The number of benzene rings is 1. The maximum absolute atomic E-state index is 12.0. The second kappa shape index (κ2) is 6.98. The van der Waals surface area contributed by atoms with Crippen molar-refractivity contribution >= 4 is 17.2 Å². The Bertz CT molecular complexity index is 472. The topological polar surface area (TPSA) is 44.5 Å². The van der Waals surface area contributed by atoms with E-state index in [9.17, 15) is 13.2 Å². The molecule has 0 saturated carbocycles. The lowest BCUT2D eigenvalue weighted by molar-refractivity contribution is -0.274. The molecule has 21 heavy (non-hydrogen) atoms. The van der Waals surface area contributed by atoms with Crippen LogP contribution in [0.1, 0.15) is 26.7 Å². The summed E-state index contributed by atoms with van der Waals surface area (Å²) < 4.78 is 45.2. The van der Waals surface area contributed by atoms with Crippen molar-refractivity contribution in [3.8, 4) is 11.5 Å². The van der Waals surface area contributed by atoms with Crippen LogP contribution in [-0.2, 0) is 0 Å². The molecule has 1 aromatic rings. The zero-order valence-corrected chi connectivity index (χ0v) is 12.7. The van der Waals surface area contributed by atoms with E-state index in [4.69, 9.17) is 22.7 Å². The lowest BCUT2D eigenvalue weighted by Gasteiger charge is -2.22. The van der Waals surface area contributed by atoms with Gasteiger partial charge in [-0.1, -0.05) is 26.1 Å². The number of nitrogens with two attached hydrogens (primary N) is 1. The Hall–Kier alpha value is -1.50. The second-order valence-electron chi connectivity index (χ2n) is 5.22. The number of hydrogen-bond donors (Lipinski definition) is 1. The van der Waals surface area contributed by atoms with Crippen LogP contribution in [0.15, 0.2) is 24.3 Å². The third-order valence-electron chi connectivity index (χ3n) is 2.94. The first-order chi connectivity index (χ1) is 9.60. The van der Waals surface area contributed by atoms with E-state index < -0.39 is 6.36 Å². The highest BCUT2D eigenvalue weighted by molar-refractivity contribution is 7.80. The molecule has 0 atom stereocenters. The Labute approximate surface area is 127 Å². The van der Waals surface area contributed by atoms with Crippen LogP contribution in [0.25, 0.3) is 0 Å². The summed E-state index contributed by atoms with van der Waals surface area (Å²) in [5.74, 6) is 0.210. The van der Waals surface area contributed by atoms with Crippen LogP contribution in [0.2, 0.25) is 0 Å². The molecule has 0 radical (unpaired) electrons. The summed E-state index contributed by atoms with van der Waals surface area (Å²) in [5.41, 5.74) is 5.38. The minimum atomic E-state index is -4.69. The molecule has 0 unspecified atom stereocenters. The number of rotatable bonds is 7. The van der Waals surface area contributed by atoms with Crippen LogP contribution in [0, 0.1) is 5.41 Å². The van der Waals surface area contributed by atoms with Gasteiger partial charge in [0, 0.05) is 5.41 Å². The van der Waals surface area contributed by atoms with Gasteiger partial charge >= 0.3 is 6.36 Å². The van der Waals surface area contributed by atoms with Crippen LogP contribution in [-0.4, -0.2) is 18.0 Å². The van der Waals surface area contributed by atoms with E-state index in [1.807, 2.05) is 13.8 Å². The van der Waals surface area contributed by atoms with Crippen molar-refractivity contribution in [3.63, 3.8) is 0 Å². The first-order valence-corrected chi connectivity index (χ1v) is 6.79. The number of thiocarbonyl (C=S) groups is 1. The van der Waals surface area contributed by atoms with Crippen molar-refractivity contribution in [2.75, 3.05) is 6.61 Å². The molecule has 0 bridgehead atoms. The van der Waals surface area contributed by atoms with Gasteiger partial charge in [0.15, 0.2) is 0 Å². The van der Waals surface area contributed by atoms with Gasteiger partial charge in [-0.3, -0.25) is 0 Å². The van der Waals surface area contributed by atoms with Gasteiger partial charge in [-0.05, 0) is 37.1 Å². The fraction of sp³-hybridized carbons (Fsp3) is 0.500. The third-order valence-corrected chi connectivity index (χ3v) is 3.49. The predicted octanol–water partition coefficient (Wildman–Crippen LogP) is 4.06. The first-order valence-electron chi connectivity index (χ1n) is 6.39. The smallest absolute Gasteiger partial charge is 0.494 e. The van der Waals surface area contributed by atoms with Gasteiger partial charge in [0.05, 0.1) is 11.6 Å². The largest absolute Gasteiger partial charge is 0.573 e. The quantitative estimate of drug-likeness (QED) is 0.608. The van der Waals surface area contributed by atoms with Gasteiger partial charge in [-0.15, -0.1) is 13.2 Å². The molecule has 0 heterocycles. The lowest BCUT2D eigenvalue weighted by Crippen LogP contribution is -2.30. The summed E-state index contributed by atoms with van der Waals surface area (Å²) in [7, 11) is 0. The van der Waals surface area contributed by atoms with Crippen molar-refractivity contribution in [2.45, 2.75) is 33.1 Å². The maximum atomic E-state index is 12.0. The fourth-order valence-corrected chi connectivity index (χ4v) is 1.67. The summed E-state index contributed by atoms with van der Waals surface area (Å²) >= 11 is 4.96. The van der Waals surface area contributed by atoms with E-state index in [1.165, 1.54) is 24.3 Å². The van der Waals surface area contributed by atoms with Gasteiger partial charge in [-0.25, -0.2) is 0 Å². The highest BCUT2D eigenvalue weighted by atomic mass is 32.1. The van der Waals surface area contributed by atoms with E-state index in [0.717, 1.165) is 12.8 Å². The summed E-state index contributed by atoms with van der Waals surface area (Å²) in [6.45, 7) is 4.35. The maximum Gasteiger partial charge on any atom is 0.573 e. The Morgan fingerprint density at radius 2 is 1.67 bits per heavy atom. The summed E-state index contributed by atoms with van der Waals surface area (Å²) in [4.78, 5) is 0.455. The Kier molecular flexibility index (Phi) is 5.83. The van der Waals surface area contributed by atoms with Gasteiger partial charge in [0.1, 0.15) is 11.5 Å². The summed E-state index contributed by atoms with van der Waals surface area (Å²) in [6, 6.07) is 5.28. The monoisotopic (exact) mass is 321 g/mol. The molecule has 118 valence electrons. The Morgan fingerprint density at radius 3 is 2.14 bits per heavy atom. The van der Waals surface area contributed by atoms with Crippen LogP contribution < -0.4 is 15.2 Å². The minimum Gasteiger partial charge on any atom is -0.494 e. The highest BCUT2D eigenvalue weighted by Crippen LogP contribution is 2.25. The predicted molar refractivity (Wildman–Crippen MR) is 78.4 cm³/mol. The van der Waals surface area contributed by atoms with Crippen molar-refractivity contribution < 1.29 is 22.6 Å².